The quantitative estimate of drug-likeness (QED) is 0.507. The van der Waals surface area contributed by atoms with E-state index in [1.807, 2.05) is 54.6 Å². The van der Waals surface area contributed by atoms with E-state index < -0.39 is 0 Å². The number of thioether (sulfide) groups is 1. The minimum atomic E-state index is -0.0706. The van der Waals surface area contributed by atoms with Crippen LogP contribution in [0.5, 0.6) is 0 Å². The van der Waals surface area contributed by atoms with Gasteiger partial charge in [0.2, 0.25) is 0 Å². The Morgan fingerprint density at radius 1 is 1.21 bits per heavy atom. The summed E-state index contributed by atoms with van der Waals surface area (Å²) in [5.74, 6) is 0.655. The second kappa shape index (κ2) is 5.89. The number of hydrogen-bond acceptors (Lipinski definition) is 5. The van der Waals surface area contributed by atoms with E-state index in [-0.39, 0.29) is 5.91 Å². The van der Waals surface area contributed by atoms with Crippen molar-refractivity contribution in [2.45, 2.75) is 0 Å². The molecule has 1 aliphatic heterocycles. The summed E-state index contributed by atoms with van der Waals surface area (Å²) in [6.45, 7) is 0. The molecule has 1 aromatic heterocycles. The molecule has 4 nitrogen and oxygen atoms in total. The average Bonchev–Trinajstić information content (AvgIpc) is 3.13. The molecule has 0 unspecified atom stereocenters. The molecule has 6 heteroatoms. The van der Waals surface area contributed by atoms with Crippen molar-refractivity contribution in [1.82, 2.24) is 10.1 Å². The van der Waals surface area contributed by atoms with Crippen LogP contribution >= 0.6 is 24.0 Å². The van der Waals surface area contributed by atoms with E-state index in [0.717, 1.165) is 27.8 Å². The number of likely N-dealkylation sites (N-methyl/N-ethyl adjacent to an activating group) is 1. The molecule has 2 aromatic carbocycles. The van der Waals surface area contributed by atoms with E-state index in [1.165, 1.54) is 16.7 Å². The summed E-state index contributed by atoms with van der Waals surface area (Å²) in [6, 6.07) is 15.6. The van der Waals surface area contributed by atoms with Gasteiger partial charge in [0.15, 0.2) is 5.76 Å². The highest BCUT2D eigenvalue weighted by molar-refractivity contribution is 8.26. The number of rotatable bonds is 2. The highest BCUT2D eigenvalue weighted by Crippen LogP contribution is 2.33. The van der Waals surface area contributed by atoms with Crippen molar-refractivity contribution in [3.8, 4) is 11.3 Å². The average molecular weight is 352 g/mol. The number of hydrogen-bond donors (Lipinski definition) is 0. The molecule has 0 spiro atoms. The molecule has 1 amide bonds. The maximum atomic E-state index is 12.1. The van der Waals surface area contributed by atoms with Gasteiger partial charge in [-0.2, -0.15) is 0 Å². The van der Waals surface area contributed by atoms with Gasteiger partial charge >= 0.3 is 0 Å². The summed E-state index contributed by atoms with van der Waals surface area (Å²) in [6.07, 6.45) is 1.85. The van der Waals surface area contributed by atoms with Gasteiger partial charge in [-0.3, -0.25) is 9.69 Å². The smallest absolute Gasteiger partial charge is 0.265 e. The van der Waals surface area contributed by atoms with E-state index in [4.69, 9.17) is 16.7 Å². The Morgan fingerprint density at radius 2 is 2.00 bits per heavy atom. The van der Waals surface area contributed by atoms with Crippen molar-refractivity contribution in [3.63, 3.8) is 0 Å². The Morgan fingerprint density at radius 3 is 2.71 bits per heavy atom. The first kappa shape index (κ1) is 15.1. The molecule has 0 saturated carbocycles. The summed E-state index contributed by atoms with van der Waals surface area (Å²) in [4.78, 5) is 14.3. The lowest BCUT2D eigenvalue weighted by molar-refractivity contribution is -0.121. The Hall–Kier alpha value is -2.44. The second-order valence-corrected chi connectivity index (χ2v) is 7.07. The van der Waals surface area contributed by atoms with Crippen molar-refractivity contribution in [2.24, 2.45) is 0 Å². The number of aromatic nitrogens is 1. The first-order valence-corrected chi connectivity index (χ1v) is 8.52. The molecule has 0 bridgehead atoms. The lowest BCUT2D eigenvalue weighted by atomic mass is 10.1. The molecule has 118 valence electrons. The van der Waals surface area contributed by atoms with Gasteiger partial charge in [-0.15, -0.1) is 0 Å². The summed E-state index contributed by atoms with van der Waals surface area (Å²) in [5, 5.41) is 5.03. The highest BCUT2D eigenvalue weighted by Gasteiger charge is 2.28. The lowest BCUT2D eigenvalue weighted by Gasteiger charge is -2.03. The van der Waals surface area contributed by atoms with Gasteiger partial charge in [-0.1, -0.05) is 65.5 Å². The Labute approximate surface area is 148 Å². The molecule has 0 aliphatic carbocycles. The number of carbonyl (C=O) groups is 1. The number of thiocarbonyl (C=S) groups is 1. The minimum Gasteiger partial charge on any atom is -0.355 e. The third-order valence-corrected chi connectivity index (χ3v) is 5.31. The molecular weight excluding hydrogens is 340 g/mol. The van der Waals surface area contributed by atoms with Crippen LogP contribution < -0.4 is 0 Å². The fourth-order valence-electron chi connectivity index (χ4n) is 2.54. The van der Waals surface area contributed by atoms with Gasteiger partial charge in [0.05, 0.1) is 10.3 Å². The van der Waals surface area contributed by atoms with Gasteiger partial charge < -0.3 is 4.52 Å². The molecule has 24 heavy (non-hydrogen) atoms. The fourth-order valence-corrected chi connectivity index (χ4v) is 3.72. The SMILES string of the molecule is CN1C(=O)C(=Cc2ccc3noc(-c4ccccc4)c3c2)SC1=S. The summed E-state index contributed by atoms with van der Waals surface area (Å²) in [5.41, 5.74) is 2.67. The van der Waals surface area contributed by atoms with Crippen LogP contribution in [0.15, 0.2) is 58.0 Å². The molecule has 3 aromatic rings. The predicted octanol–water partition coefficient (Wildman–Crippen LogP) is 4.33. The molecule has 4 rings (SSSR count). The minimum absolute atomic E-state index is 0.0706. The second-order valence-electron chi connectivity index (χ2n) is 5.40. The standard InChI is InChI=1S/C18H12N2O2S2/c1-20-17(21)15(24-18(20)23)10-11-7-8-14-13(9-11)16(22-19-14)12-5-3-2-4-6-12/h2-10H,1H3. The van der Waals surface area contributed by atoms with Crippen molar-refractivity contribution in [3.05, 3.63) is 59.0 Å². The van der Waals surface area contributed by atoms with Crippen molar-refractivity contribution in [1.29, 1.82) is 0 Å². The van der Waals surface area contributed by atoms with Gasteiger partial charge in [-0.25, -0.2) is 0 Å². The lowest BCUT2D eigenvalue weighted by Crippen LogP contribution is -2.22. The highest BCUT2D eigenvalue weighted by atomic mass is 32.2. The molecule has 0 atom stereocenters. The summed E-state index contributed by atoms with van der Waals surface area (Å²) >= 11 is 6.48. The van der Waals surface area contributed by atoms with Crippen LogP contribution in [0.2, 0.25) is 0 Å². The molecule has 1 saturated heterocycles. The van der Waals surface area contributed by atoms with Gasteiger partial charge in [-0.05, 0) is 23.8 Å². The maximum Gasteiger partial charge on any atom is 0.265 e. The van der Waals surface area contributed by atoms with E-state index >= 15 is 0 Å². The monoisotopic (exact) mass is 352 g/mol. The Bertz CT molecular complexity index is 993. The third kappa shape index (κ3) is 2.53. The Balaban J connectivity index is 1.79. The van der Waals surface area contributed by atoms with E-state index in [0.29, 0.717) is 9.23 Å². The number of nitrogens with zero attached hydrogens (tertiary/aromatic N) is 2. The first-order chi connectivity index (χ1) is 11.6. The van der Waals surface area contributed by atoms with Crippen molar-refractivity contribution in [2.75, 3.05) is 7.05 Å². The zero-order valence-electron chi connectivity index (χ0n) is 12.7. The zero-order chi connectivity index (χ0) is 16.7. The number of fused-ring (bicyclic) bond motifs is 1. The topological polar surface area (TPSA) is 46.3 Å². The summed E-state index contributed by atoms with van der Waals surface area (Å²) < 4.78 is 6.08. The predicted molar refractivity (Wildman–Crippen MR) is 100 cm³/mol. The molecule has 0 radical (unpaired) electrons. The van der Waals surface area contributed by atoms with Gasteiger partial charge in [0.1, 0.15) is 9.84 Å². The van der Waals surface area contributed by atoms with Crippen LogP contribution in [0.25, 0.3) is 28.3 Å². The molecule has 0 N–H and O–H groups in total. The van der Waals surface area contributed by atoms with Crippen LogP contribution in [-0.4, -0.2) is 27.3 Å². The van der Waals surface area contributed by atoms with Crippen LogP contribution in [0.1, 0.15) is 5.56 Å². The first-order valence-electron chi connectivity index (χ1n) is 7.30. The molecular formula is C18H12N2O2S2. The van der Waals surface area contributed by atoms with Crippen molar-refractivity contribution >= 4 is 51.2 Å². The van der Waals surface area contributed by atoms with Crippen LogP contribution in [0.3, 0.4) is 0 Å². The molecule has 2 heterocycles. The third-order valence-electron chi connectivity index (χ3n) is 3.82. The number of benzene rings is 2. The van der Waals surface area contributed by atoms with Crippen LogP contribution in [0, 0.1) is 0 Å². The molecule has 1 aliphatic rings. The van der Waals surface area contributed by atoms with Crippen LogP contribution in [-0.2, 0) is 4.79 Å². The Kier molecular flexibility index (Phi) is 3.70. The fraction of sp³-hybridized carbons (Fsp3) is 0.0556. The molecule has 1 fully saturated rings. The largest absolute Gasteiger partial charge is 0.355 e. The van der Waals surface area contributed by atoms with Crippen LogP contribution in [0.4, 0.5) is 0 Å². The van der Waals surface area contributed by atoms with Gasteiger partial charge in [0.25, 0.3) is 5.91 Å². The summed E-state index contributed by atoms with van der Waals surface area (Å²) in [7, 11) is 1.69. The number of amides is 1. The zero-order valence-corrected chi connectivity index (χ0v) is 14.4. The van der Waals surface area contributed by atoms with E-state index in [2.05, 4.69) is 5.16 Å². The van der Waals surface area contributed by atoms with Gasteiger partial charge in [0, 0.05) is 12.6 Å². The normalized spacial score (nSPS) is 16.5. The number of carbonyl (C=O) groups excluding carboxylic acids is 1. The maximum absolute atomic E-state index is 12.1. The van der Waals surface area contributed by atoms with E-state index in [9.17, 15) is 4.79 Å². The van der Waals surface area contributed by atoms with E-state index in [1.54, 1.807) is 7.05 Å². The van der Waals surface area contributed by atoms with Crippen molar-refractivity contribution < 1.29 is 9.32 Å².